The summed E-state index contributed by atoms with van der Waals surface area (Å²) in [6, 6.07) is 3.44. The number of hydrazone groups is 1. The van der Waals surface area contributed by atoms with Gasteiger partial charge in [0.05, 0.1) is 12.8 Å². The molecule has 2 rings (SSSR count). The Labute approximate surface area is 117 Å². The Morgan fingerprint density at radius 1 is 1.30 bits per heavy atom. The zero-order chi connectivity index (χ0) is 14.2. The molecule has 2 N–H and O–H groups in total. The first-order valence-electron chi connectivity index (χ1n) is 6.89. The molecule has 0 bridgehead atoms. The van der Waals surface area contributed by atoms with E-state index in [9.17, 15) is 9.59 Å². The summed E-state index contributed by atoms with van der Waals surface area (Å²) in [7, 11) is 0. The van der Waals surface area contributed by atoms with Crippen LogP contribution < -0.4 is 10.7 Å². The van der Waals surface area contributed by atoms with Gasteiger partial charge in [-0.3, -0.25) is 9.59 Å². The normalized spacial score (nSPS) is 16.2. The van der Waals surface area contributed by atoms with E-state index >= 15 is 0 Å². The van der Waals surface area contributed by atoms with Crippen LogP contribution in [-0.2, 0) is 16.1 Å². The third-order valence-corrected chi connectivity index (χ3v) is 3.31. The third kappa shape index (κ3) is 4.53. The molecule has 0 radical (unpaired) electrons. The zero-order valence-electron chi connectivity index (χ0n) is 11.3. The van der Waals surface area contributed by atoms with Crippen LogP contribution in [0.25, 0.3) is 0 Å². The summed E-state index contributed by atoms with van der Waals surface area (Å²) in [6.45, 7) is 0.186. The van der Waals surface area contributed by atoms with Gasteiger partial charge in [0.15, 0.2) is 0 Å². The maximum absolute atomic E-state index is 11.5. The number of hydrogen-bond acceptors (Lipinski definition) is 4. The van der Waals surface area contributed by atoms with Crippen molar-refractivity contribution in [1.82, 2.24) is 10.7 Å². The van der Waals surface area contributed by atoms with Crippen molar-refractivity contribution >= 4 is 18.0 Å². The summed E-state index contributed by atoms with van der Waals surface area (Å²) in [4.78, 5) is 23.0. The van der Waals surface area contributed by atoms with E-state index in [0.29, 0.717) is 11.7 Å². The molecule has 1 aromatic rings. The van der Waals surface area contributed by atoms with Crippen LogP contribution in [0.1, 0.15) is 37.9 Å². The maximum atomic E-state index is 11.5. The molecule has 20 heavy (non-hydrogen) atoms. The summed E-state index contributed by atoms with van der Waals surface area (Å²) in [6.07, 6.45) is 9.12. The molecule has 6 nitrogen and oxygen atoms in total. The minimum atomic E-state index is -0.761. The van der Waals surface area contributed by atoms with E-state index in [1.165, 1.54) is 25.5 Å². The minimum Gasteiger partial charge on any atom is -0.467 e. The molecule has 0 aliphatic heterocycles. The van der Waals surface area contributed by atoms with Gasteiger partial charge < -0.3 is 9.73 Å². The number of nitrogens with one attached hydrogen (secondary N) is 2. The van der Waals surface area contributed by atoms with E-state index in [0.717, 1.165) is 12.8 Å². The molecule has 2 amide bonds. The average Bonchev–Trinajstić information content (AvgIpc) is 2.99. The highest BCUT2D eigenvalue weighted by Gasteiger charge is 2.14. The van der Waals surface area contributed by atoms with Gasteiger partial charge in [0, 0.05) is 6.21 Å². The molecule has 0 saturated heterocycles. The quantitative estimate of drug-likeness (QED) is 0.498. The fourth-order valence-electron chi connectivity index (χ4n) is 2.20. The summed E-state index contributed by atoms with van der Waals surface area (Å²) in [5, 5.41) is 6.31. The monoisotopic (exact) mass is 277 g/mol. The number of carbonyl (C=O) groups excluding carboxylic acids is 2. The summed E-state index contributed by atoms with van der Waals surface area (Å²) >= 11 is 0. The van der Waals surface area contributed by atoms with Crippen molar-refractivity contribution < 1.29 is 14.0 Å². The first kappa shape index (κ1) is 14.3. The lowest BCUT2D eigenvalue weighted by molar-refractivity contribution is -0.139. The molecule has 1 aliphatic carbocycles. The van der Waals surface area contributed by atoms with Crippen molar-refractivity contribution in [1.29, 1.82) is 0 Å². The van der Waals surface area contributed by atoms with Gasteiger partial charge in [-0.25, -0.2) is 5.43 Å². The number of hydrogen-bond donors (Lipinski definition) is 2. The van der Waals surface area contributed by atoms with E-state index in [1.54, 1.807) is 18.3 Å². The van der Waals surface area contributed by atoms with Crippen LogP contribution in [0, 0.1) is 5.92 Å². The Morgan fingerprint density at radius 2 is 2.10 bits per heavy atom. The molecule has 0 atom stereocenters. The summed E-state index contributed by atoms with van der Waals surface area (Å²) in [5.74, 6) is -0.474. The van der Waals surface area contributed by atoms with Crippen LogP contribution in [0.2, 0.25) is 0 Å². The zero-order valence-corrected chi connectivity index (χ0v) is 11.3. The molecule has 108 valence electrons. The summed E-state index contributed by atoms with van der Waals surface area (Å²) < 4.78 is 5.05. The highest BCUT2D eigenvalue weighted by molar-refractivity contribution is 6.35. The van der Waals surface area contributed by atoms with Gasteiger partial charge in [0.25, 0.3) is 0 Å². The molecule has 1 fully saturated rings. The van der Waals surface area contributed by atoms with E-state index in [1.807, 2.05) is 0 Å². The molecule has 1 saturated carbocycles. The number of carbonyl (C=O) groups is 2. The predicted octanol–water partition coefficient (Wildman–Crippen LogP) is 1.58. The van der Waals surface area contributed by atoms with Crippen molar-refractivity contribution in [2.24, 2.45) is 11.0 Å². The molecule has 1 aliphatic rings. The van der Waals surface area contributed by atoms with Crippen LogP contribution in [-0.4, -0.2) is 18.0 Å². The summed E-state index contributed by atoms with van der Waals surface area (Å²) in [5.41, 5.74) is 2.25. The maximum Gasteiger partial charge on any atom is 0.329 e. The van der Waals surface area contributed by atoms with Crippen LogP contribution in [0.4, 0.5) is 0 Å². The fourth-order valence-corrected chi connectivity index (χ4v) is 2.20. The van der Waals surface area contributed by atoms with Gasteiger partial charge in [-0.05, 0) is 30.9 Å². The van der Waals surface area contributed by atoms with Gasteiger partial charge in [0.1, 0.15) is 5.76 Å². The van der Waals surface area contributed by atoms with Crippen molar-refractivity contribution in [3.05, 3.63) is 24.2 Å². The van der Waals surface area contributed by atoms with Crippen molar-refractivity contribution in [2.75, 3.05) is 0 Å². The predicted molar refractivity (Wildman–Crippen MR) is 73.8 cm³/mol. The van der Waals surface area contributed by atoms with Gasteiger partial charge >= 0.3 is 11.8 Å². The first-order valence-corrected chi connectivity index (χ1v) is 6.89. The Hall–Kier alpha value is -2.11. The van der Waals surface area contributed by atoms with Crippen molar-refractivity contribution in [3.8, 4) is 0 Å². The van der Waals surface area contributed by atoms with Gasteiger partial charge in [-0.1, -0.05) is 19.3 Å². The van der Waals surface area contributed by atoms with Crippen LogP contribution in [0.15, 0.2) is 27.9 Å². The van der Waals surface area contributed by atoms with Gasteiger partial charge in [0.2, 0.25) is 0 Å². The van der Waals surface area contributed by atoms with Crippen LogP contribution in [0.3, 0.4) is 0 Å². The Bertz CT molecular complexity index is 462. The molecule has 1 heterocycles. The molecule has 6 heteroatoms. The average molecular weight is 277 g/mol. The molecule has 0 unspecified atom stereocenters. The Kier molecular flexibility index (Phi) is 5.34. The van der Waals surface area contributed by atoms with E-state index in [2.05, 4.69) is 15.8 Å². The second-order valence-electron chi connectivity index (χ2n) is 4.88. The lowest BCUT2D eigenvalue weighted by Crippen LogP contribution is -2.37. The minimum absolute atomic E-state index is 0.186. The SMILES string of the molecule is O=C(NCc1ccco1)C(=O)N/N=C/C1CCCCC1. The number of rotatable bonds is 4. The fraction of sp³-hybridized carbons (Fsp3) is 0.500. The van der Waals surface area contributed by atoms with E-state index < -0.39 is 11.8 Å². The van der Waals surface area contributed by atoms with Crippen LogP contribution in [0.5, 0.6) is 0 Å². The highest BCUT2D eigenvalue weighted by atomic mass is 16.3. The molecule has 1 aromatic heterocycles. The largest absolute Gasteiger partial charge is 0.467 e. The lowest BCUT2D eigenvalue weighted by Gasteiger charge is -2.16. The second kappa shape index (κ2) is 7.47. The second-order valence-corrected chi connectivity index (χ2v) is 4.88. The molecular formula is C14H19N3O3. The van der Waals surface area contributed by atoms with E-state index in [4.69, 9.17) is 4.42 Å². The van der Waals surface area contributed by atoms with Crippen LogP contribution >= 0.6 is 0 Å². The number of amides is 2. The Morgan fingerprint density at radius 3 is 2.80 bits per heavy atom. The lowest BCUT2D eigenvalue weighted by atomic mass is 9.90. The standard InChI is InChI=1S/C14H19N3O3/c18-13(15-10-12-7-4-8-20-12)14(19)17-16-9-11-5-2-1-3-6-11/h4,7-9,11H,1-3,5-6,10H2,(H,15,18)(H,17,19)/b16-9+. The number of furan rings is 1. The highest BCUT2D eigenvalue weighted by Crippen LogP contribution is 2.21. The van der Waals surface area contributed by atoms with Gasteiger partial charge in [-0.15, -0.1) is 0 Å². The molecular weight excluding hydrogens is 258 g/mol. The van der Waals surface area contributed by atoms with Gasteiger partial charge in [-0.2, -0.15) is 5.10 Å². The first-order chi connectivity index (χ1) is 9.75. The Balaban J connectivity index is 1.68. The third-order valence-electron chi connectivity index (χ3n) is 3.31. The topological polar surface area (TPSA) is 83.7 Å². The number of nitrogens with zero attached hydrogens (tertiary/aromatic N) is 1. The van der Waals surface area contributed by atoms with E-state index in [-0.39, 0.29) is 6.54 Å². The smallest absolute Gasteiger partial charge is 0.329 e. The molecule has 0 spiro atoms. The van der Waals surface area contributed by atoms with Crippen molar-refractivity contribution in [2.45, 2.75) is 38.6 Å². The molecule has 0 aromatic carbocycles. The van der Waals surface area contributed by atoms with Crippen molar-refractivity contribution in [3.63, 3.8) is 0 Å².